The van der Waals surface area contributed by atoms with E-state index in [9.17, 15) is 19.2 Å². The number of carbonyl (C=O) groups excluding carboxylic acids is 2. The van der Waals surface area contributed by atoms with E-state index in [4.69, 9.17) is 19.7 Å². The first-order valence-corrected chi connectivity index (χ1v) is 14.1. The van der Waals surface area contributed by atoms with Gasteiger partial charge in [0.15, 0.2) is 11.6 Å². The molecule has 4 rings (SSSR count). The van der Waals surface area contributed by atoms with Crippen LogP contribution in [0, 0.1) is 0 Å². The fourth-order valence-electron chi connectivity index (χ4n) is 4.44. The molecule has 10 heteroatoms. The summed E-state index contributed by atoms with van der Waals surface area (Å²) in [6.07, 6.45) is 0.539. The minimum atomic E-state index is -1.00. The van der Waals surface area contributed by atoms with Gasteiger partial charge in [-0.3, -0.25) is 19.2 Å². The molecule has 0 bridgehead atoms. The number of fused-ring (bicyclic) bond motifs is 2. The highest BCUT2D eigenvalue weighted by atomic mass is 32.1. The minimum Gasteiger partial charge on any atom is -0.496 e. The number of carboxylic acids is 2. The lowest BCUT2D eigenvalue weighted by atomic mass is 9.97. The van der Waals surface area contributed by atoms with Crippen molar-refractivity contribution < 1.29 is 38.9 Å². The van der Waals surface area contributed by atoms with E-state index in [-0.39, 0.29) is 37.2 Å². The molecule has 2 aromatic carbocycles. The van der Waals surface area contributed by atoms with Crippen LogP contribution in [-0.4, -0.2) is 47.9 Å². The molecule has 40 heavy (non-hydrogen) atoms. The number of benzene rings is 2. The van der Waals surface area contributed by atoms with Crippen LogP contribution in [0.25, 0.3) is 20.2 Å². The van der Waals surface area contributed by atoms with Gasteiger partial charge in [0, 0.05) is 22.2 Å². The lowest BCUT2D eigenvalue weighted by Gasteiger charge is -2.13. The molecule has 0 fully saturated rings. The fourth-order valence-corrected chi connectivity index (χ4v) is 6.59. The topological polar surface area (TPSA) is 127 Å². The van der Waals surface area contributed by atoms with Crippen molar-refractivity contribution in [2.75, 3.05) is 14.2 Å². The normalized spacial score (nSPS) is 11.1. The molecule has 0 saturated heterocycles. The maximum absolute atomic E-state index is 12.4. The minimum absolute atomic E-state index is 0.0443. The summed E-state index contributed by atoms with van der Waals surface area (Å²) in [5.74, 6) is -1.07. The molecule has 8 nitrogen and oxygen atoms in total. The molecule has 2 aromatic heterocycles. The standard InChI is InChI=1S/C30H28O8S2/c1-16(8-17-12-25-19(10-23(17)37-2)14-27(39-25)21(31)4-6-29(33)34)9-18-13-26-20(11-24(18)38-3)15-28(40-26)22(32)5-7-30(35)36/h10-15H,1,4-9H2,2-3H3,(H,33,34)(H,35,36). The van der Waals surface area contributed by atoms with E-state index < -0.39 is 11.9 Å². The largest absolute Gasteiger partial charge is 0.496 e. The average Bonchev–Trinajstić information content (AvgIpc) is 3.52. The van der Waals surface area contributed by atoms with Gasteiger partial charge in [0.2, 0.25) is 0 Å². The zero-order chi connectivity index (χ0) is 29.0. The van der Waals surface area contributed by atoms with Gasteiger partial charge in [-0.1, -0.05) is 12.2 Å². The van der Waals surface area contributed by atoms with Crippen LogP contribution in [0.5, 0.6) is 11.5 Å². The van der Waals surface area contributed by atoms with Gasteiger partial charge in [-0.2, -0.15) is 0 Å². The first-order chi connectivity index (χ1) is 19.1. The average molecular weight is 581 g/mol. The molecule has 0 radical (unpaired) electrons. The number of methoxy groups -OCH3 is 2. The predicted octanol–water partition coefficient (Wildman–Crippen LogP) is 6.57. The van der Waals surface area contributed by atoms with Crippen molar-refractivity contribution >= 4 is 66.4 Å². The molecule has 0 aliphatic heterocycles. The second-order valence-corrected chi connectivity index (χ2v) is 11.5. The Morgan fingerprint density at radius 3 is 1.43 bits per heavy atom. The van der Waals surface area contributed by atoms with E-state index in [0.717, 1.165) is 36.9 Å². The van der Waals surface area contributed by atoms with Crippen molar-refractivity contribution in [3.05, 3.63) is 69.4 Å². The quantitative estimate of drug-likeness (QED) is 0.127. The lowest BCUT2D eigenvalue weighted by Crippen LogP contribution is -2.01. The molecule has 0 atom stereocenters. The number of thiophene rings is 2. The number of hydrogen-bond acceptors (Lipinski definition) is 8. The summed E-state index contributed by atoms with van der Waals surface area (Å²) < 4.78 is 13.1. The van der Waals surface area contributed by atoms with Crippen molar-refractivity contribution in [2.45, 2.75) is 38.5 Å². The fraction of sp³-hybridized carbons (Fsp3) is 0.267. The summed E-state index contributed by atoms with van der Waals surface area (Å²) >= 11 is 2.66. The maximum Gasteiger partial charge on any atom is 0.303 e. The molecular formula is C30H28O8S2. The van der Waals surface area contributed by atoms with Gasteiger partial charge in [0.05, 0.1) is 36.8 Å². The molecule has 0 amide bonds. The van der Waals surface area contributed by atoms with Crippen molar-refractivity contribution in [3.8, 4) is 11.5 Å². The Labute approximate surface area is 238 Å². The van der Waals surface area contributed by atoms with Gasteiger partial charge in [-0.15, -0.1) is 22.7 Å². The smallest absolute Gasteiger partial charge is 0.303 e. The summed E-state index contributed by atoms with van der Waals surface area (Å²) in [5.41, 5.74) is 2.72. The number of aliphatic carboxylic acids is 2. The van der Waals surface area contributed by atoms with E-state index >= 15 is 0 Å². The molecule has 0 unspecified atom stereocenters. The summed E-state index contributed by atoms with van der Waals surface area (Å²) in [7, 11) is 3.17. The van der Waals surface area contributed by atoms with E-state index in [1.165, 1.54) is 22.7 Å². The molecule has 2 N–H and O–H groups in total. The Balaban J connectivity index is 1.54. The van der Waals surface area contributed by atoms with Crippen LogP contribution in [0.15, 0.2) is 48.6 Å². The first-order valence-electron chi connectivity index (χ1n) is 12.5. The maximum atomic E-state index is 12.4. The zero-order valence-electron chi connectivity index (χ0n) is 22.1. The number of ether oxygens (including phenoxy) is 2. The summed E-state index contributed by atoms with van der Waals surface area (Å²) in [6, 6.07) is 11.3. The van der Waals surface area contributed by atoms with E-state index in [2.05, 4.69) is 6.58 Å². The van der Waals surface area contributed by atoms with Crippen LogP contribution in [-0.2, 0) is 22.4 Å². The summed E-state index contributed by atoms with van der Waals surface area (Å²) in [4.78, 5) is 47.6. The second-order valence-electron chi connectivity index (χ2n) is 9.36. The number of allylic oxidation sites excluding steroid dienone is 1. The molecule has 208 valence electrons. The highest BCUT2D eigenvalue weighted by Crippen LogP contribution is 2.36. The van der Waals surface area contributed by atoms with Crippen LogP contribution in [0.2, 0.25) is 0 Å². The number of Topliss-reactive ketones (excluding diaryl/α,β-unsaturated/α-hetero) is 2. The summed E-state index contributed by atoms with van der Waals surface area (Å²) in [6.45, 7) is 4.28. The predicted molar refractivity (Wildman–Crippen MR) is 156 cm³/mol. The van der Waals surface area contributed by atoms with Gasteiger partial charge < -0.3 is 19.7 Å². The molecule has 0 spiro atoms. The Morgan fingerprint density at radius 1 is 0.675 bits per heavy atom. The van der Waals surface area contributed by atoms with Crippen LogP contribution < -0.4 is 9.47 Å². The van der Waals surface area contributed by atoms with Crippen LogP contribution in [0.1, 0.15) is 56.2 Å². The SMILES string of the molecule is C=C(Cc1cc2sc(C(=O)CCC(=O)O)cc2cc1OC)Cc1cc2sc(C(=O)CCC(=O)O)cc2cc1OC. The lowest BCUT2D eigenvalue weighted by molar-refractivity contribution is -0.137. The summed E-state index contributed by atoms with van der Waals surface area (Å²) in [5, 5.41) is 19.5. The highest BCUT2D eigenvalue weighted by Gasteiger charge is 2.17. The van der Waals surface area contributed by atoms with Gasteiger partial charge >= 0.3 is 11.9 Å². The van der Waals surface area contributed by atoms with E-state index in [0.29, 0.717) is 34.1 Å². The Morgan fingerprint density at radius 2 is 1.07 bits per heavy atom. The third-order valence-corrected chi connectivity index (χ3v) is 8.68. The number of ketones is 2. The number of hydrogen-bond donors (Lipinski definition) is 2. The van der Waals surface area contributed by atoms with Crippen LogP contribution in [0.3, 0.4) is 0 Å². The third-order valence-electron chi connectivity index (χ3n) is 6.40. The third kappa shape index (κ3) is 6.75. The van der Waals surface area contributed by atoms with Crippen molar-refractivity contribution in [3.63, 3.8) is 0 Å². The zero-order valence-corrected chi connectivity index (χ0v) is 23.7. The number of carbonyl (C=O) groups is 4. The molecule has 2 heterocycles. The van der Waals surface area contributed by atoms with Crippen LogP contribution >= 0.6 is 22.7 Å². The van der Waals surface area contributed by atoms with E-state index in [1.807, 2.05) is 24.3 Å². The van der Waals surface area contributed by atoms with Gasteiger partial charge in [0.25, 0.3) is 0 Å². The van der Waals surface area contributed by atoms with Gasteiger partial charge in [0.1, 0.15) is 11.5 Å². The Bertz CT molecular complexity index is 1520. The van der Waals surface area contributed by atoms with E-state index in [1.54, 1.807) is 26.4 Å². The Kier molecular flexibility index (Phi) is 9.01. The molecule has 4 aromatic rings. The first kappa shape index (κ1) is 29.0. The highest BCUT2D eigenvalue weighted by molar-refractivity contribution is 7.21. The monoisotopic (exact) mass is 580 g/mol. The van der Waals surface area contributed by atoms with Gasteiger partial charge in [-0.25, -0.2) is 0 Å². The molecular weight excluding hydrogens is 552 g/mol. The number of carboxylic acid groups (broad SMARTS) is 2. The number of rotatable bonds is 14. The van der Waals surface area contributed by atoms with Crippen molar-refractivity contribution in [1.29, 1.82) is 0 Å². The molecule has 0 aliphatic carbocycles. The second kappa shape index (κ2) is 12.4. The Hall–Kier alpha value is -4.02. The molecule has 0 aliphatic rings. The van der Waals surface area contributed by atoms with Crippen molar-refractivity contribution in [1.82, 2.24) is 0 Å². The van der Waals surface area contributed by atoms with Crippen LogP contribution in [0.4, 0.5) is 0 Å². The van der Waals surface area contributed by atoms with Crippen molar-refractivity contribution in [2.24, 2.45) is 0 Å². The molecule has 0 saturated carbocycles. The van der Waals surface area contributed by atoms with Gasteiger partial charge in [-0.05, 0) is 71.1 Å².